The molecule has 0 aliphatic heterocycles. The number of nitrogens with zero attached hydrogens (tertiary/aromatic N) is 1. The predicted molar refractivity (Wildman–Crippen MR) is 162 cm³/mol. The molecule has 2 heterocycles. The summed E-state index contributed by atoms with van der Waals surface area (Å²) in [6.45, 7) is 0. The minimum absolute atomic E-state index is 0.756. The minimum atomic E-state index is 0.756. The van der Waals surface area contributed by atoms with Crippen molar-refractivity contribution in [3.8, 4) is 5.69 Å². The van der Waals surface area contributed by atoms with E-state index in [1.54, 1.807) is 0 Å². The van der Waals surface area contributed by atoms with Crippen molar-refractivity contribution >= 4 is 49.0 Å². The summed E-state index contributed by atoms with van der Waals surface area (Å²) in [6, 6.07) is 37.0. The lowest BCUT2D eigenvalue weighted by molar-refractivity contribution is 1.20. The normalized spacial score (nSPS) is 12.5. The van der Waals surface area contributed by atoms with Gasteiger partial charge in [0.1, 0.15) is 0 Å². The second kappa shape index (κ2) is 9.13. The average Bonchev–Trinajstić information content (AvgIpc) is 3.61. The van der Waals surface area contributed by atoms with Crippen molar-refractivity contribution in [2.45, 2.75) is 6.42 Å². The van der Waals surface area contributed by atoms with Crippen molar-refractivity contribution in [3.63, 3.8) is 0 Å². The van der Waals surface area contributed by atoms with E-state index in [4.69, 9.17) is 5.73 Å². The van der Waals surface area contributed by atoms with Crippen LogP contribution in [0.25, 0.3) is 54.7 Å². The molecule has 0 saturated carbocycles. The van der Waals surface area contributed by atoms with Crippen LogP contribution in [-0.2, 0) is 6.42 Å². The zero-order chi connectivity index (χ0) is 25.5. The number of nitrogens with two attached hydrogens (primary N) is 1. The summed E-state index contributed by atoms with van der Waals surface area (Å²) in [7, 11) is 0. The van der Waals surface area contributed by atoms with Gasteiger partial charge in [-0.15, -0.1) is 0 Å². The van der Waals surface area contributed by atoms with E-state index in [2.05, 4.69) is 119 Å². The maximum Gasteiger partial charge on any atom is 0.0619 e. The quantitative estimate of drug-likeness (QED) is 0.234. The van der Waals surface area contributed by atoms with Crippen LogP contribution in [0.5, 0.6) is 0 Å². The van der Waals surface area contributed by atoms with Crippen molar-refractivity contribution in [3.05, 3.63) is 145 Å². The van der Waals surface area contributed by atoms with Crippen LogP contribution in [0.4, 0.5) is 0 Å². The Bertz CT molecular complexity index is 2000. The van der Waals surface area contributed by atoms with Gasteiger partial charge in [0, 0.05) is 39.6 Å². The highest BCUT2D eigenvalue weighted by Crippen LogP contribution is 2.38. The van der Waals surface area contributed by atoms with Crippen molar-refractivity contribution in [1.29, 1.82) is 0 Å². The number of aromatic amines is 1. The molecule has 0 atom stereocenters. The third kappa shape index (κ3) is 3.68. The first-order valence-electron chi connectivity index (χ1n) is 13.0. The molecule has 5 aromatic carbocycles. The zero-order valence-corrected chi connectivity index (χ0v) is 20.9. The van der Waals surface area contributed by atoms with Gasteiger partial charge in [-0.05, 0) is 58.7 Å². The number of para-hydroxylation sites is 1. The molecule has 0 spiro atoms. The minimum Gasteiger partial charge on any atom is -0.398 e. The van der Waals surface area contributed by atoms with Crippen LogP contribution in [-0.4, -0.2) is 9.55 Å². The van der Waals surface area contributed by atoms with Gasteiger partial charge in [-0.3, -0.25) is 0 Å². The molecule has 3 heteroatoms. The summed E-state index contributed by atoms with van der Waals surface area (Å²) in [6.07, 6.45) is 11.0. The maximum atomic E-state index is 6.50. The van der Waals surface area contributed by atoms with E-state index < -0.39 is 0 Å². The lowest BCUT2D eigenvalue weighted by Crippen LogP contribution is -1.97. The standard InChI is InChI=1S/C35H27N3/c36-32(13-5-1-8-24-20-21-37-23-24)27-17-18-29-26(22-27)16-19-31-30-12-4-6-14-34(30)38(35(29)31)33-15-7-10-25-9-2-3-11-28(25)33/h1-7,9-23,37H,8,36H2/b5-1-,32-13-. The number of rotatable bonds is 5. The third-order valence-corrected chi connectivity index (χ3v) is 7.42. The summed E-state index contributed by atoms with van der Waals surface area (Å²) >= 11 is 0. The number of hydrogen-bond donors (Lipinski definition) is 2. The van der Waals surface area contributed by atoms with Crippen molar-refractivity contribution < 1.29 is 0 Å². The summed E-state index contributed by atoms with van der Waals surface area (Å²) in [5, 5.41) is 7.38. The van der Waals surface area contributed by atoms with Crippen LogP contribution >= 0.6 is 0 Å². The Hall–Kier alpha value is -5.02. The van der Waals surface area contributed by atoms with Crippen molar-refractivity contribution in [1.82, 2.24) is 9.55 Å². The highest BCUT2D eigenvalue weighted by atomic mass is 15.0. The van der Waals surface area contributed by atoms with Gasteiger partial charge in [-0.1, -0.05) is 91.0 Å². The highest BCUT2D eigenvalue weighted by Gasteiger charge is 2.16. The molecule has 0 saturated heterocycles. The van der Waals surface area contributed by atoms with Gasteiger partial charge in [0.25, 0.3) is 0 Å². The fourth-order valence-corrected chi connectivity index (χ4v) is 5.58. The van der Waals surface area contributed by atoms with E-state index in [1.165, 1.54) is 54.6 Å². The van der Waals surface area contributed by atoms with Crippen LogP contribution in [0.3, 0.4) is 0 Å². The van der Waals surface area contributed by atoms with Crippen LogP contribution in [0.1, 0.15) is 11.1 Å². The Morgan fingerprint density at radius 3 is 2.45 bits per heavy atom. The van der Waals surface area contributed by atoms with Crippen LogP contribution in [0, 0.1) is 0 Å². The molecule has 38 heavy (non-hydrogen) atoms. The number of nitrogens with one attached hydrogen (secondary N) is 1. The van der Waals surface area contributed by atoms with E-state index in [0.717, 1.165) is 17.7 Å². The Kier molecular flexibility index (Phi) is 5.33. The molecule has 0 radical (unpaired) electrons. The summed E-state index contributed by atoms with van der Waals surface area (Å²) < 4.78 is 2.43. The average molecular weight is 490 g/mol. The van der Waals surface area contributed by atoms with Crippen LogP contribution in [0.15, 0.2) is 134 Å². The SMILES string of the molecule is N/C(=C\C=C/Cc1cc[nH]c1)c1ccc2c(ccc3c4ccccc4n(-c4cccc5ccccc45)c23)c1. The molecule has 7 rings (SSSR count). The molecule has 0 fully saturated rings. The highest BCUT2D eigenvalue weighted by molar-refractivity contribution is 6.19. The third-order valence-electron chi connectivity index (χ3n) is 7.42. The number of H-pyrrole nitrogens is 1. The second-order valence-corrected chi connectivity index (χ2v) is 9.72. The zero-order valence-electron chi connectivity index (χ0n) is 20.9. The largest absolute Gasteiger partial charge is 0.398 e. The van der Waals surface area contributed by atoms with Gasteiger partial charge in [0.05, 0.1) is 16.7 Å². The van der Waals surface area contributed by atoms with E-state index in [1.807, 2.05) is 24.5 Å². The second-order valence-electron chi connectivity index (χ2n) is 9.72. The van der Waals surface area contributed by atoms with E-state index in [-0.39, 0.29) is 0 Å². The van der Waals surface area contributed by atoms with Gasteiger partial charge in [-0.2, -0.15) is 0 Å². The number of allylic oxidation sites excluding steroid dienone is 3. The van der Waals surface area contributed by atoms with Crippen LogP contribution in [0.2, 0.25) is 0 Å². The molecule has 0 amide bonds. The molecule has 3 N–H and O–H groups in total. The molecule has 0 unspecified atom stereocenters. The number of aromatic nitrogens is 2. The summed E-state index contributed by atoms with van der Waals surface area (Å²) in [4.78, 5) is 3.09. The smallest absolute Gasteiger partial charge is 0.0619 e. The molecule has 0 aliphatic carbocycles. The first-order chi connectivity index (χ1) is 18.8. The molecule has 182 valence electrons. The van der Waals surface area contributed by atoms with Gasteiger partial charge >= 0.3 is 0 Å². The van der Waals surface area contributed by atoms with E-state index >= 15 is 0 Å². The molecule has 3 nitrogen and oxygen atoms in total. The fourth-order valence-electron chi connectivity index (χ4n) is 5.58. The number of fused-ring (bicyclic) bond motifs is 6. The lowest BCUT2D eigenvalue weighted by atomic mass is 10.0. The molecule has 0 bridgehead atoms. The summed E-state index contributed by atoms with van der Waals surface area (Å²) in [5.74, 6) is 0. The summed E-state index contributed by atoms with van der Waals surface area (Å²) in [5.41, 5.74) is 13.2. The fraction of sp³-hybridized carbons (Fsp3) is 0.0286. The molecular weight excluding hydrogens is 462 g/mol. The van der Waals surface area contributed by atoms with Gasteiger partial charge in [-0.25, -0.2) is 0 Å². The van der Waals surface area contributed by atoms with Crippen LogP contribution < -0.4 is 5.73 Å². The van der Waals surface area contributed by atoms with Crippen molar-refractivity contribution in [2.75, 3.05) is 0 Å². The topological polar surface area (TPSA) is 46.7 Å². The first kappa shape index (κ1) is 22.2. The molecule has 0 aliphatic rings. The molecular formula is C35H27N3. The Morgan fingerprint density at radius 2 is 1.55 bits per heavy atom. The van der Waals surface area contributed by atoms with Gasteiger partial charge in [0.2, 0.25) is 0 Å². The van der Waals surface area contributed by atoms with Gasteiger partial charge < -0.3 is 15.3 Å². The molecule has 2 aromatic heterocycles. The van der Waals surface area contributed by atoms with Gasteiger partial charge in [0.15, 0.2) is 0 Å². The number of benzene rings is 5. The lowest BCUT2D eigenvalue weighted by Gasteiger charge is -2.13. The number of hydrogen-bond acceptors (Lipinski definition) is 1. The van der Waals surface area contributed by atoms with E-state index in [0.29, 0.717) is 0 Å². The molecule has 7 aromatic rings. The van der Waals surface area contributed by atoms with Crippen molar-refractivity contribution in [2.24, 2.45) is 5.73 Å². The Balaban J connectivity index is 1.40. The van der Waals surface area contributed by atoms with E-state index in [9.17, 15) is 0 Å². The monoisotopic (exact) mass is 489 g/mol. The Labute approximate surface area is 221 Å². The Morgan fingerprint density at radius 1 is 0.737 bits per heavy atom. The maximum absolute atomic E-state index is 6.50. The first-order valence-corrected chi connectivity index (χ1v) is 13.0. The predicted octanol–water partition coefficient (Wildman–Crippen LogP) is 8.52.